The molecule has 1 N–H and O–H groups in total. The molecule has 0 saturated heterocycles. The zero-order valence-corrected chi connectivity index (χ0v) is 10.2. The van der Waals surface area contributed by atoms with Crippen LogP contribution in [0.5, 0.6) is 0 Å². The van der Waals surface area contributed by atoms with E-state index in [2.05, 4.69) is 10.4 Å². The van der Waals surface area contributed by atoms with Gasteiger partial charge in [0.15, 0.2) is 0 Å². The zero-order chi connectivity index (χ0) is 13.1. The summed E-state index contributed by atoms with van der Waals surface area (Å²) in [5, 5.41) is 6.87. The second-order valence-electron chi connectivity index (χ2n) is 4.00. The maximum absolute atomic E-state index is 12.0. The van der Waals surface area contributed by atoms with Crippen LogP contribution in [0.2, 0.25) is 0 Å². The van der Waals surface area contributed by atoms with Gasteiger partial charge in [-0.1, -0.05) is 0 Å². The van der Waals surface area contributed by atoms with Crippen LogP contribution >= 0.6 is 0 Å². The van der Waals surface area contributed by atoms with Crippen LogP contribution in [0.15, 0.2) is 30.5 Å². The minimum absolute atomic E-state index is 0.209. The van der Waals surface area contributed by atoms with Crippen molar-refractivity contribution in [1.29, 1.82) is 0 Å². The van der Waals surface area contributed by atoms with Crippen LogP contribution in [0.4, 0.5) is 5.69 Å². The van der Waals surface area contributed by atoms with Crippen molar-refractivity contribution >= 4 is 17.9 Å². The van der Waals surface area contributed by atoms with E-state index in [4.69, 9.17) is 0 Å². The lowest BCUT2D eigenvalue weighted by molar-refractivity contribution is 0.102. The first-order valence-corrected chi connectivity index (χ1v) is 5.47. The van der Waals surface area contributed by atoms with Crippen molar-refractivity contribution in [2.24, 2.45) is 7.05 Å². The minimum atomic E-state index is -0.209. The van der Waals surface area contributed by atoms with Crippen LogP contribution in [0.25, 0.3) is 0 Å². The Morgan fingerprint density at radius 3 is 2.50 bits per heavy atom. The summed E-state index contributed by atoms with van der Waals surface area (Å²) in [4.78, 5) is 22.5. The lowest BCUT2D eigenvalue weighted by Crippen LogP contribution is -2.12. The fraction of sp³-hybridized carbons (Fsp3) is 0.154. The van der Waals surface area contributed by atoms with Crippen molar-refractivity contribution in [1.82, 2.24) is 9.78 Å². The number of anilines is 1. The Balaban J connectivity index is 2.15. The molecule has 2 aromatic rings. The standard InChI is InChI=1S/C13H13N3O2/c1-9-12(7-16(2)15-9)13(18)14-11-5-3-10(8-17)4-6-11/h3-8H,1-2H3,(H,14,18). The van der Waals surface area contributed by atoms with Crippen LogP contribution in [-0.4, -0.2) is 22.0 Å². The molecule has 0 atom stereocenters. The average Bonchev–Trinajstić information content (AvgIpc) is 2.69. The molecule has 0 aliphatic heterocycles. The van der Waals surface area contributed by atoms with Crippen molar-refractivity contribution < 1.29 is 9.59 Å². The largest absolute Gasteiger partial charge is 0.322 e. The number of rotatable bonds is 3. The van der Waals surface area contributed by atoms with Gasteiger partial charge >= 0.3 is 0 Å². The van der Waals surface area contributed by atoms with Crippen LogP contribution in [-0.2, 0) is 7.05 Å². The molecule has 5 heteroatoms. The number of hydrogen-bond acceptors (Lipinski definition) is 3. The maximum Gasteiger partial charge on any atom is 0.259 e. The molecule has 0 bridgehead atoms. The first kappa shape index (κ1) is 12.0. The van der Waals surface area contributed by atoms with E-state index >= 15 is 0 Å². The Bertz CT molecular complexity index is 585. The van der Waals surface area contributed by atoms with E-state index in [-0.39, 0.29) is 5.91 Å². The summed E-state index contributed by atoms with van der Waals surface area (Å²) in [7, 11) is 1.77. The molecule has 0 saturated carbocycles. The number of aldehydes is 1. The summed E-state index contributed by atoms with van der Waals surface area (Å²) < 4.78 is 1.60. The number of aryl methyl sites for hydroxylation is 2. The molecule has 1 amide bonds. The summed E-state index contributed by atoms with van der Waals surface area (Å²) in [6.07, 6.45) is 2.43. The highest BCUT2D eigenvalue weighted by Gasteiger charge is 2.12. The summed E-state index contributed by atoms with van der Waals surface area (Å²) >= 11 is 0. The second kappa shape index (κ2) is 4.83. The number of nitrogens with one attached hydrogen (secondary N) is 1. The monoisotopic (exact) mass is 243 g/mol. The highest BCUT2D eigenvalue weighted by molar-refractivity contribution is 6.04. The molecule has 0 fully saturated rings. The Hall–Kier alpha value is -2.43. The molecule has 0 radical (unpaired) electrons. The normalized spacial score (nSPS) is 10.1. The second-order valence-corrected chi connectivity index (χ2v) is 4.00. The highest BCUT2D eigenvalue weighted by Crippen LogP contribution is 2.12. The lowest BCUT2D eigenvalue weighted by atomic mass is 10.2. The number of nitrogens with zero attached hydrogens (tertiary/aromatic N) is 2. The summed E-state index contributed by atoms with van der Waals surface area (Å²) in [5.74, 6) is -0.209. The molecule has 1 aromatic carbocycles. The minimum Gasteiger partial charge on any atom is -0.322 e. The Morgan fingerprint density at radius 1 is 1.33 bits per heavy atom. The lowest BCUT2D eigenvalue weighted by Gasteiger charge is -2.04. The van der Waals surface area contributed by atoms with Gasteiger partial charge in [-0.05, 0) is 31.2 Å². The maximum atomic E-state index is 12.0. The molecule has 1 heterocycles. The molecule has 0 spiro atoms. The van der Waals surface area contributed by atoms with Gasteiger partial charge in [-0.2, -0.15) is 5.10 Å². The van der Waals surface area contributed by atoms with Crippen molar-refractivity contribution in [3.05, 3.63) is 47.3 Å². The van der Waals surface area contributed by atoms with Gasteiger partial charge in [0.2, 0.25) is 0 Å². The van der Waals surface area contributed by atoms with Gasteiger partial charge in [-0.25, -0.2) is 0 Å². The smallest absolute Gasteiger partial charge is 0.259 e. The predicted octanol–water partition coefficient (Wildman–Crippen LogP) is 1.79. The molecule has 0 unspecified atom stereocenters. The van der Waals surface area contributed by atoms with Gasteiger partial charge in [0.1, 0.15) is 6.29 Å². The molecule has 18 heavy (non-hydrogen) atoms. The zero-order valence-electron chi connectivity index (χ0n) is 10.2. The van der Waals surface area contributed by atoms with Gasteiger partial charge in [-0.15, -0.1) is 0 Å². The fourth-order valence-electron chi connectivity index (χ4n) is 1.67. The first-order chi connectivity index (χ1) is 8.60. The molecule has 2 rings (SSSR count). The summed E-state index contributed by atoms with van der Waals surface area (Å²) in [5.41, 5.74) is 2.44. The van der Waals surface area contributed by atoms with E-state index in [0.29, 0.717) is 22.5 Å². The first-order valence-electron chi connectivity index (χ1n) is 5.47. The molecule has 92 valence electrons. The van der Waals surface area contributed by atoms with Crippen LogP contribution in [0, 0.1) is 6.92 Å². The van der Waals surface area contributed by atoms with Gasteiger partial charge in [0.05, 0.1) is 11.3 Å². The number of aromatic nitrogens is 2. The van der Waals surface area contributed by atoms with Crippen LogP contribution in [0.1, 0.15) is 26.4 Å². The third kappa shape index (κ3) is 2.45. The summed E-state index contributed by atoms with van der Waals surface area (Å²) in [6.45, 7) is 1.78. The topological polar surface area (TPSA) is 64.0 Å². The third-order valence-corrected chi connectivity index (χ3v) is 2.56. The van der Waals surface area contributed by atoms with Crippen LogP contribution < -0.4 is 5.32 Å². The fourth-order valence-corrected chi connectivity index (χ4v) is 1.67. The molecule has 1 aromatic heterocycles. The number of hydrogen-bond donors (Lipinski definition) is 1. The molecule has 0 aliphatic rings. The van der Waals surface area contributed by atoms with Crippen molar-refractivity contribution in [3.63, 3.8) is 0 Å². The van der Waals surface area contributed by atoms with E-state index < -0.39 is 0 Å². The van der Waals surface area contributed by atoms with Gasteiger partial charge in [0, 0.05) is 24.5 Å². The summed E-state index contributed by atoms with van der Waals surface area (Å²) in [6, 6.07) is 6.68. The molecule has 5 nitrogen and oxygen atoms in total. The number of amides is 1. The van der Waals surface area contributed by atoms with Crippen molar-refractivity contribution in [3.8, 4) is 0 Å². The van der Waals surface area contributed by atoms with Gasteiger partial charge < -0.3 is 5.32 Å². The molecular formula is C13H13N3O2. The van der Waals surface area contributed by atoms with E-state index in [1.165, 1.54) is 0 Å². The van der Waals surface area contributed by atoms with Gasteiger partial charge in [0.25, 0.3) is 5.91 Å². The Kier molecular flexibility index (Phi) is 3.23. The van der Waals surface area contributed by atoms with Crippen molar-refractivity contribution in [2.75, 3.05) is 5.32 Å². The quantitative estimate of drug-likeness (QED) is 0.836. The number of carbonyl (C=O) groups is 2. The number of benzene rings is 1. The predicted molar refractivity (Wildman–Crippen MR) is 67.7 cm³/mol. The van der Waals surface area contributed by atoms with E-state index in [1.54, 1.807) is 49.1 Å². The Morgan fingerprint density at radius 2 is 2.00 bits per heavy atom. The van der Waals surface area contributed by atoms with Crippen LogP contribution in [0.3, 0.4) is 0 Å². The SMILES string of the molecule is Cc1nn(C)cc1C(=O)Nc1ccc(C=O)cc1. The van der Waals surface area contributed by atoms with Gasteiger partial charge in [-0.3, -0.25) is 14.3 Å². The third-order valence-electron chi connectivity index (χ3n) is 2.56. The number of carbonyl (C=O) groups excluding carboxylic acids is 2. The van der Waals surface area contributed by atoms with E-state index in [1.807, 2.05) is 0 Å². The van der Waals surface area contributed by atoms with E-state index in [9.17, 15) is 9.59 Å². The molecular weight excluding hydrogens is 230 g/mol. The Labute approximate surface area is 104 Å². The molecule has 0 aliphatic carbocycles. The highest BCUT2D eigenvalue weighted by atomic mass is 16.1. The van der Waals surface area contributed by atoms with E-state index in [0.717, 1.165) is 6.29 Å². The van der Waals surface area contributed by atoms with Crippen molar-refractivity contribution in [2.45, 2.75) is 6.92 Å². The average molecular weight is 243 g/mol.